The molecule has 2 N–H and O–H groups in total. The molecular formula is C25H23F7N2O5S2. The summed E-state index contributed by atoms with van der Waals surface area (Å²) in [5.74, 6) is -4.64. The van der Waals surface area contributed by atoms with Gasteiger partial charge in [0, 0.05) is 34.2 Å². The molecule has 1 saturated carbocycles. The first-order chi connectivity index (χ1) is 18.9. The average Bonchev–Trinajstić information content (AvgIpc) is 3.55. The number of benzene rings is 1. The summed E-state index contributed by atoms with van der Waals surface area (Å²) in [5, 5.41) is 1.70. The average molecular weight is 629 g/mol. The van der Waals surface area contributed by atoms with E-state index in [9.17, 15) is 44.3 Å². The molecule has 2 aromatic rings. The molecule has 0 spiro atoms. The van der Waals surface area contributed by atoms with E-state index in [0.717, 1.165) is 35.1 Å². The van der Waals surface area contributed by atoms with Crippen molar-refractivity contribution in [1.29, 1.82) is 0 Å². The lowest BCUT2D eigenvalue weighted by molar-refractivity contribution is -0.202. The standard InChI is InChI=1S/C25H23F7N2O5S2/c1-41(37,38)34-22(36)20-15(19-8-7-18(40-19)13-3-4-13)12-23(25(30,31)32,33-21(20)35)16-6-5-14(11-17(16)26)39-10-2-9-24(27,28)29/h5-8,11,13H,2-4,9-10,12H2,1H3,(H,33,35)(H,34,36). The lowest BCUT2D eigenvalue weighted by Crippen LogP contribution is -2.60. The topological polar surface area (TPSA) is 102 Å². The summed E-state index contributed by atoms with van der Waals surface area (Å²) >= 11 is 1.05. The largest absolute Gasteiger partial charge is 0.493 e. The number of rotatable bonds is 9. The third-order valence-corrected chi connectivity index (χ3v) is 8.33. The van der Waals surface area contributed by atoms with E-state index in [1.165, 1.54) is 6.07 Å². The number of amides is 2. The van der Waals surface area contributed by atoms with E-state index in [1.807, 2.05) is 0 Å². The zero-order valence-corrected chi connectivity index (χ0v) is 22.8. The van der Waals surface area contributed by atoms with Gasteiger partial charge < -0.3 is 10.1 Å². The van der Waals surface area contributed by atoms with Gasteiger partial charge in [-0.15, -0.1) is 11.3 Å². The minimum absolute atomic E-state index is 0.110. The number of thiophene rings is 1. The Balaban J connectivity index is 1.76. The molecule has 0 saturated heterocycles. The Bertz CT molecular complexity index is 1490. The Hall–Kier alpha value is -3.14. The molecule has 1 aliphatic carbocycles. The predicted octanol–water partition coefficient (Wildman–Crippen LogP) is 5.29. The molecule has 1 aromatic carbocycles. The molecule has 0 radical (unpaired) electrons. The van der Waals surface area contributed by atoms with Crippen LogP contribution in [0.5, 0.6) is 5.75 Å². The van der Waals surface area contributed by atoms with Crippen molar-refractivity contribution in [2.75, 3.05) is 12.9 Å². The first kappa shape index (κ1) is 30.8. The lowest BCUT2D eigenvalue weighted by atomic mass is 9.77. The van der Waals surface area contributed by atoms with Crippen molar-refractivity contribution < 1.29 is 53.5 Å². The van der Waals surface area contributed by atoms with E-state index in [-0.39, 0.29) is 16.5 Å². The van der Waals surface area contributed by atoms with Crippen LogP contribution >= 0.6 is 11.3 Å². The van der Waals surface area contributed by atoms with Crippen LogP contribution in [-0.2, 0) is 25.2 Å². The van der Waals surface area contributed by atoms with Crippen molar-refractivity contribution in [2.24, 2.45) is 0 Å². The maximum Gasteiger partial charge on any atom is 0.416 e. The van der Waals surface area contributed by atoms with Crippen LogP contribution in [0.4, 0.5) is 30.7 Å². The van der Waals surface area contributed by atoms with Crippen LogP contribution in [0.25, 0.3) is 5.57 Å². The van der Waals surface area contributed by atoms with Gasteiger partial charge in [0.15, 0.2) is 5.54 Å². The van der Waals surface area contributed by atoms with Gasteiger partial charge in [-0.25, -0.2) is 17.5 Å². The highest BCUT2D eigenvalue weighted by Crippen LogP contribution is 2.51. The van der Waals surface area contributed by atoms with E-state index in [2.05, 4.69) is 0 Å². The molecule has 1 fully saturated rings. The van der Waals surface area contributed by atoms with Crippen molar-refractivity contribution in [3.63, 3.8) is 0 Å². The van der Waals surface area contributed by atoms with Crippen molar-refractivity contribution in [3.8, 4) is 5.75 Å². The van der Waals surface area contributed by atoms with Crippen molar-refractivity contribution in [1.82, 2.24) is 10.0 Å². The van der Waals surface area contributed by atoms with Gasteiger partial charge in [0.05, 0.1) is 12.9 Å². The number of carbonyl (C=O) groups is 2. The fourth-order valence-corrected chi connectivity index (χ4v) is 6.11. The zero-order chi connectivity index (χ0) is 30.4. The van der Waals surface area contributed by atoms with E-state index < -0.39 is 88.1 Å². The van der Waals surface area contributed by atoms with Crippen LogP contribution in [0.3, 0.4) is 0 Å². The monoisotopic (exact) mass is 628 g/mol. The number of alkyl halides is 6. The van der Waals surface area contributed by atoms with Gasteiger partial charge in [-0.3, -0.25) is 9.59 Å². The second-order valence-electron chi connectivity index (χ2n) is 9.78. The molecule has 1 aromatic heterocycles. The molecule has 41 heavy (non-hydrogen) atoms. The maximum atomic E-state index is 15.3. The minimum atomic E-state index is -5.32. The van der Waals surface area contributed by atoms with Crippen molar-refractivity contribution in [3.05, 3.63) is 57.0 Å². The normalized spacial score (nSPS) is 20.1. The highest BCUT2D eigenvalue weighted by molar-refractivity contribution is 7.89. The van der Waals surface area contributed by atoms with Gasteiger partial charge >= 0.3 is 12.4 Å². The molecule has 7 nitrogen and oxygen atoms in total. The van der Waals surface area contributed by atoms with Crippen LogP contribution in [0.15, 0.2) is 35.9 Å². The van der Waals surface area contributed by atoms with Crippen LogP contribution in [-0.4, -0.2) is 45.4 Å². The van der Waals surface area contributed by atoms with Crippen molar-refractivity contribution >= 4 is 38.7 Å². The highest BCUT2D eigenvalue weighted by Gasteiger charge is 2.61. The summed E-state index contributed by atoms with van der Waals surface area (Å²) in [4.78, 5) is 26.9. The summed E-state index contributed by atoms with van der Waals surface area (Å²) in [7, 11) is -4.21. The van der Waals surface area contributed by atoms with Crippen LogP contribution in [0.1, 0.15) is 53.3 Å². The Kier molecular flexibility index (Phi) is 8.21. The lowest BCUT2D eigenvalue weighted by Gasteiger charge is -2.41. The number of ether oxygens (including phenoxy) is 1. The Labute approximate surface area is 233 Å². The molecule has 4 rings (SSSR count). The van der Waals surface area contributed by atoms with Crippen LogP contribution < -0.4 is 14.8 Å². The molecule has 224 valence electrons. The predicted molar refractivity (Wildman–Crippen MR) is 134 cm³/mol. The fourth-order valence-electron chi connectivity index (χ4n) is 4.44. The van der Waals surface area contributed by atoms with Crippen LogP contribution in [0.2, 0.25) is 0 Å². The number of carbonyl (C=O) groups excluding carboxylic acids is 2. The molecule has 1 unspecified atom stereocenters. The second kappa shape index (κ2) is 10.9. The van der Waals surface area contributed by atoms with Gasteiger partial charge in [-0.05, 0) is 55.0 Å². The Morgan fingerprint density at radius 3 is 2.39 bits per heavy atom. The summed E-state index contributed by atoms with van der Waals surface area (Å²) in [6, 6.07) is 5.26. The molecule has 0 bridgehead atoms. The van der Waals surface area contributed by atoms with Crippen LogP contribution in [0, 0.1) is 5.82 Å². The third kappa shape index (κ3) is 7.02. The van der Waals surface area contributed by atoms with Gasteiger partial charge in [-0.2, -0.15) is 26.3 Å². The number of sulfonamides is 1. The van der Waals surface area contributed by atoms with Gasteiger partial charge in [0.25, 0.3) is 11.8 Å². The second-order valence-corrected chi connectivity index (χ2v) is 12.6. The van der Waals surface area contributed by atoms with E-state index >= 15 is 4.39 Å². The third-order valence-electron chi connectivity index (χ3n) is 6.46. The zero-order valence-electron chi connectivity index (χ0n) is 21.2. The summed E-state index contributed by atoms with van der Waals surface area (Å²) in [6.45, 7) is -0.479. The van der Waals surface area contributed by atoms with E-state index in [1.54, 1.807) is 16.1 Å². The van der Waals surface area contributed by atoms with E-state index in [0.29, 0.717) is 18.4 Å². The summed E-state index contributed by atoms with van der Waals surface area (Å²) < 4.78 is 127. The van der Waals surface area contributed by atoms with E-state index in [4.69, 9.17) is 4.74 Å². The number of halogens is 7. The summed E-state index contributed by atoms with van der Waals surface area (Å²) in [5.41, 5.74) is -5.68. The minimum Gasteiger partial charge on any atom is -0.493 e. The van der Waals surface area contributed by atoms with Gasteiger partial charge in [0.1, 0.15) is 17.1 Å². The Morgan fingerprint density at radius 2 is 1.83 bits per heavy atom. The summed E-state index contributed by atoms with van der Waals surface area (Å²) in [6.07, 6.45) is -10.2. The highest BCUT2D eigenvalue weighted by atomic mass is 32.2. The van der Waals surface area contributed by atoms with Gasteiger partial charge in [-0.1, -0.05) is 0 Å². The smallest absolute Gasteiger partial charge is 0.416 e. The maximum absolute atomic E-state index is 15.3. The number of hydrogen-bond donors (Lipinski definition) is 2. The quantitative estimate of drug-likeness (QED) is 0.223. The first-order valence-corrected chi connectivity index (χ1v) is 14.9. The molecule has 16 heteroatoms. The SMILES string of the molecule is CS(=O)(=O)NC(=O)C1=C(c2ccc(C3CC3)s2)CC(c2ccc(OCCCC(F)(F)F)cc2F)(C(F)(F)F)NC1=O. The fraction of sp³-hybridized carbons (Fsp3) is 0.440. The first-order valence-electron chi connectivity index (χ1n) is 12.1. The Morgan fingerprint density at radius 1 is 1.15 bits per heavy atom. The van der Waals surface area contributed by atoms with Gasteiger partial charge in [0.2, 0.25) is 10.0 Å². The molecule has 1 aliphatic heterocycles. The molecular weight excluding hydrogens is 605 g/mol. The molecule has 2 amide bonds. The number of hydrogen-bond acceptors (Lipinski definition) is 6. The molecule has 2 aliphatic rings. The molecule has 1 atom stereocenters. The van der Waals surface area contributed by atoms with Crippen molar-refractivity contribution in [2.45, 2.75) is 55.9 Å². The number of nitrogens with one attached hydrogen (secondary N) is 2. The molecule has 2 heterocycles.